The molecule has 26 heavy (non-hydrogen) atoms. The molecule has 1 aliphatic rings. The zero-order valence-electron chi connectivity index (χ0n) is 15.6. The molecule has 2 aromatic rings. The van der Waals surface area contributed by atoms with Gasteiger partial charge in [0, 0.05) is 23.5 Å². The maximum Gasteiger partial charge on any atom is 0.253 e. The molecule has 3 rings (SSSR count). The molecule has 2 N–H and O–H groups in total. The van der Waals surface area contributed by atoms with E-state index in [4.69, 9.17) is 11.6 Å². The molecule has 0 spiro atoms. The zero-order valence-corrected chi connectivity index (χ0v) is 16.4. The Morgan fingerprint density at radius 2 is 2.08 bits per heavy atom. The fraction of sp³-hybridized carbons (Fsp3) is 0.429. The van der Waals surface area contributed by atoms with Crippen LogP contribution in [0.3, 0.4) is 0 Å². The summed E-state index contributed by atoms with van der Waals surface area (Å²) in [7, 11) is 0. The maximum absolute atomic E-state index is 12.6. The van der Waals surface area contributed by atoms with E-state index in [9.17, 15) is 4.79 Å². The summed E-state index contributed by atoms with van der Waals surface area (Å²) in [6.07, 6.45) is 5.40. The van der Waals surface area contributed by atoms with Gasteiger partial charge in [0.1, 0.15) is 5.82 Å². The predicted molar refractivity (Wildman–Crippen MR) is 107 cm³/mol. The lowest BCUT2D eigenvalue weighted by Gasteiger charge is -2.25. The van der Waals surface area contributed by atoms with Gasteiger partial charge >= 0.3 is 0 Å². The van der Waals surface area contributed by atoms with Crippen molar-refractivity contribution in [2.45, 2.75) is 46.0 Å². The van der Waals surface area contributed by atoms with Crippen LogP contribution in [0.4, 0.5) is 11.5 Å². The third kappa shape index (κ3) is 4.36. The SMILES string of the molecule is Cc1cc(Cl)ccc1Nc1cc(C(C)C)c(C(=O)NCC2CCC2)cn1. The highest BCUT2D eigenvalue weighted by molar-refractivity contribution is 6.30. The summed E-state index contributed by atoms with van der Waals surface area (Å²) in [6.45, 7) is 6.95. The fourth-order valence-electron chi connectivity index (χ4n) is 3.14. The Labute approximate surface area is 160 Å². The molecule has 5 heteroatoms. The van der Waals surface area contributed by atoms with Crippen molar-refractivity contribution in [2.24, 2.45) is 5.92 Å². The molecule has 138 valence electrons. The number of hydrogen-bond acceptors (Lipinski definition) is 3. The Morgan fingerprint density at radius 1 is 1.31 bits per heavy atom. The van der Waals surface area contributed by atoms with Gasteiger partial charge in [-0.3, -0.25) is 4.79 Å². The van der Waals surface area contributed by atoms with Crippen LogP contribution in [0.5, 0.6) is 0 Å². The minimum atomic E-state index is -0.0256. The average Bonchev–Trinajstić information content (AvgIpc) is 2.55. The van der Waals surface area contributed by atoms with E-state index in [1.165, 1.54) is 19.3 Å². The van der Waals surface area contributed by atoms with Gasteiger partial charge < -0.3 is 10.6 Å². The standard InChI is InChI=1S/C21H26ClN3O/c1-13(2)17-10-20(25-19-8-7-16(22)9-14(19)3)23-12-18(17)21(26)24-11-15-5-4-6-15/h7-10,12-13,15H,4-6,11H2,1-3H3,(H,23,25)(H,24,26). The van der Waals surface area contributed by atoms with Gasteiger partial charge in [-0.2, -0.15) is 0 Å². The summed E-state index contributed by atoms with van der Waals surface area (Å²) >= 11 is 6.02. The van der Waals surface area contributed by atoms with Crippen LogP contribution >= 0.6 is 11.6 Å². The van der Waals surface area contributed by atoms with Gasteiger partial charge in [0.2, 0.25) is 0 Å². The number of hydrogen-bond donors (Lipinski definition) is 2. The number of anilines is 2. The number of rotatable bonds is 6. The van der Waals surface area contributed by atoms with Gasteiger partial charge in [0.05, 0.1) is 5.56 Å². The first-order chi connectivity index (χ1) is 12.4. The maximum atomic E-state index is 12.6. The quantitative estimate of drug-likeness (QED) is 0.710. The molecule has 1 saturated carbocycles. The van der Waals surface area contributed by atoms with E-state index in [1.807, 2.05) is 31.2 Å². The van der Waals surface area contributed by atoms with Crippen molar-refractivity contribution >= 4 is 29.0 Å². The van der Waals surface area contributed by atoms with Gasteiger partial charge in [0.15, 0.2) is 0 Å². The Kier molecular flexibility index (Phi) is 5.82. The summed E-state index contributed by atoms with van der Waals surface area (Å²) in [6, 6.07) is 7.67. The second-order valence-electron chi connectivity index (χ2n) is 7.40. The summed E-state index contributed by atoms with van der Waals surface area (Å²) in [5.41, 5.74) is 3.67. The van der Waals surface area contributed by atoms with E-state index in [0.29, 0.717) is 16.5 Å². The van der Waals surface area contributed by atoms with Crippen LogP contribution < -0.4 is 10.6 Å². The highest BCUT2D eigenvalue weighted by atomic mass is 35.5. The Morgan fingerprint density at radius 3 is 2.69 bits per heavy atom. The van der Waals surface area contributed by atoms with Gasteiger partial charge in [0.25, 0.3) is 5.91 Å². The number of aryl methyl sites for hydroxylation is 1. The highest BCUT2D eigenvalue weighted by Gasteiger charge is 2.20. The second-order valence-corrected chi connectivity index (χ2v) is 7.84. The second kappa shape index (κ2) is 8.09. The van der Waals surface area contributed by atoms with Crippen LogP contribution in [0.25, 0.3) is 0 Å². The van der Waals surface area contributed by atoms with Crippen molar-refractivity contribution < 1.29 is 4.79 Å². The van der Waals surface area contributed by atoms with Crippen LogP contribution in [-0.4, -0.2) is 17.4 Å². The molecule has 0 atom stereocenters. The van der Waals surface area contributed by atoms with Crippen molar-refractivity contribution in [3.63, 3.8) is 0 Å². The number of nitrogens with one attached hydrogen (secondary N) is 2. The van der Waals surface area contributed by atoms with Gasteiger partial charge in [-0.25, -0.2) is 4.98 Å². The van der Waals surface area contributed by atoms with E-state index < -0.39 is 0 Å². The van der Waals surface area contributed by atoms with Crippen molar-refractivity contribution in [2.75, 3.05) is 11.9 Å². The third-order valence-electron chi connectivity index (χ3n) is 5.03. The largest absolute Gasteiger partial charge is 0.352 e. The van der Waals surface area contributed by atoms with Gasteiger partial charge in [-0.15, -0.1) is 0 Å². The van der Waals surface area contributed by atoms with Crippen molar-refractivity contribution in [3.8, 4) is 0 Å². The van der Waals surface area contributed by atoms with Crippen molar-refractivity contribution in [3.05, 3.63) is 52.2 Å². The monoisotopic (exact) mass is 371 g/mol. The molecule has 1 aromatic carbocycles. The molecular weight excluding hydrogens is 346 g/mol. The first kappa shape index (κ1) is 18.7. The average molecular weight is 372 g/mol. The molecule has 1 fully saturated rings. The first-order valence-electron chi connectivity index (χ1n) is 9.25. The number of aromatic nitrogens is 1. The Hall–Kier alpha value is -2.07. The predicted octanol–water partition coefficient (Wildman–Crippen LogP) is 5.44. The smallest absolute Gasteiger partial charge is 0.253 e. The first-order valence-corrected chi connectivity index (χ1v) is 9.63. The van der Waals surface area contributed by atoms with Crippen LogP contribution in [-0.2, 0) is 0 Å². The van der Waals surface area contributed by atoms with E-state index >= 15 is 0 Å². The number of amides is 1. The van der Waals surface area contributed by atoms with Crippen LogP contribution in [0.2, 0.25) is 5.02 Å². The molecule has 1 amide bonds. The van der Waals surface area contributed by atoms with Crippen LogP contribution in [0.1, 0.15) is 60.5 Å². The number of pyridine rings is 1. The van der Waals surface area contributed by atoms with Crippen molar-refractivity contribution in [1.82, 2.24) is 10.3 Å². The number of carbonyl (C=O) groups excluding carboxylic acids is 1. The number of nitrogens with zero attached hydrogens (tertiary/aromatic N) is 1. The van der Waals surface area contributed by atoms with E-state index in [0.717, 1.165) is 29.2 Å². The molecule has 4 nitrogen and oxygen atoms in total. The fourth-order valence-corrected chi connectivity index (χ4v) is 3.37. The van der Waals surface area contributed by atoms with E-state index in [1.54, 1.807) is 6.20 Å². The topological polar surface area (TPSA) is 54.0 Å². The number of halogens is 1. The Bertz CT molecular complexity index is 800. The summed E-state index contributed by atoms with van der Waals surface area (Å²) in [4.78, 5) is 17.0. The zero-order chi connectivity index (χ0) is 18.7. The summed E-state index contributed by atoms with van der Waals surface area (Å²) < 4.78 is 0. The molecule has 0 saturated heterocycles. The molecule has 0 bridgehead atoms. The molecular formula is C21H26ClN3O. The van der Waals surface area contributed by atoms with E-state index in [-0.39, 0.29) is 11.8 Å². The number of carbonyl (C=O) groups is 1. The lowest BCUT2D eigenvalue weighted by Crippen LogP contribution is -2.32. The molecule has 1 aromatic heterocycles. The van der Waals surface area contributed by atoms with Crippen LogP contribution in [0, 0.1) is 12.8 Å². The summed E-state index contributed by atoms with van der Waals surface area (Å²) in [5.74, 6) is 1.58. The molecule has 0 radical (unpaired) electrons. The number of benzene rings is 1. The highest BCUT2D eigenvalue weighted by Crippen LogP contribution is 2.27. The normalized spacial score (nSPS) is 14.2. The van der Waals surface area contributed by atoms with E-state index in [2.05, 4.69) is 29.5 Å². The lowest BCUT2D eigenvalue weighted by atomic mass is 9.85. The minimum Gasteiger partial charge on any atom is -0.352 e. The van der Waals surface area contributed by atoms with Gasteiger partial charge in [-0.1, -0.05) is 31.9 Å². The Balaban J connectivity index is 1.78. The molecule has 1 aliphatic carbocycles. The molecule has 0 unspecified atom stereocenters. The molecule has 0 aliphatic heterocycles. The van der Waals surface area contributed by atoms with Crippen molar-refractivity contribution in [1.29, 1.82) is 0 Å². The molecule has 1 heterocycles. The van der Waals surface area contributed by atoms with Crippen LogP contribution in [0.15, 0.2) is 30.5 Å². The minimum absolute atomic E-state index is 0.0256. The van der Waals surface area contributed by atoms with Gasteiger partial charge in [-0.05, 0) is 67.0 Å². The third-order valence-corrected chi connectivity index (χ3v) is 5.26. The lowest BCUT2D eigenvalue weighted by molar-refractivity contribution is 0.0937. The summed E-state index contributed by atoms with van der Waals surface area (Å²) in [5, 5.41) is 7.11.